The Morgan fingerprint density at radius 1 is 0.857 bits per heavy atom. The summed E-state index contributed by atoms with van der Waals surface area (Å²) in [5, 5.41) is 7.21. The van der Waals surface area contributed by atoms with Crippen LogP contribution in [0.3, 0.4) is 0 Å². The SMILES string of the molecule is O=C(NCCCN(C(=O)Nc1cccc(C(F)(F)F)c1)c1ccccc1)Nc1ccc(F)cc1F. The van der Waals surface area contributed by atoms with Crippen molar-refractivity contribution in [1.29, 1.82) is 0 Å². The van der Waals surface area contributed by atoms with Crippen LogP contribution in [0.25, 0.3) is 0 Å². The summed E-state index contributed by atoms with van der Waals surface area (Å²) in [6, 6.07) is 14.1. The quantitative estimate of drug-likeness (QED) is 0.270. The molecular weight excluding hydrogens is 471 g/mol. The van der Waals surface area contributed by atoms with Crippen molar-refractivity contribution in [2.24, 2.45) is 0 Å². The van der Waals surface area contributed by atoms with E-state index in [4.69, 9.17) is 0 Å². The molecule has 0 heterocycles. The highest BCUT2D eigenvalue weighted by molar-refractivity contribution is 6.01. The number of amides is 4. The van der Waals surface area contributed by atoms with E-state index in [0.717, 1.165) is 24.3 Å². The highest BCUT2D eigenvalue weighted by Crippen LogP contribution is 2.30. The summed E-state index contributed by atoms with van der Waals surface area (Å²) in [4.78, 5) is 26.2. The number of urea groups is 2. The molecule has 0 bridgehead atoms. The van der Waals surface area contributed by atoms with E-state index in [2.05, 4.69) is 16.0 Å². The van der Waals surface area contributed by atoms with Crippen molar-refractivity contribution >= 4 is 29.1 Å². The Hall–Kier alpha value is -4.15. The highest BCUT2D eigenvalue weighted by Gasteiger charge is 2.30. The predicted molar refractivity (Wildman–Crippen MR) is 122 cm³/mol. The van der Waals surface area contributed by atoms with Crippen LogP contribution in [0.5, 0.6) is 0 Å². The maximum absolute atomic E-state index is 13.7. The van der Waals surface area contributed by atoms with Crippen molar-refractivity contribution in [1.82, 2.24) is 5.32 Å². The molecule has 0 aliphatic heterocycles. The van der Waals surface area contributed by atoms with Gasteiger partial charge in [0.2, 0.25) is 0 Å². The number of benzene rings is 3. The van der Waals surface area contributed by atoms with Crippen LogP contribution in [0.15, 0.2) is 72.8 Å². The summed E-state index contributed by atoms with van der Waals surface area (Å²) in [5.41, 5.74) is -0.621. The molecule has 35 heavy (non-hydrogen) atoms. The minimum atomic E-state index is -4.55. The first-order chi connectivity index (χ1) is 16.6. The van der Waals surface area contributed by atoms with Gasteiger partial charge in [-0.1, -0.05) is 24.3 Å². The van der Waals surface area contributed by atoms with Crippen molar-refractivity contribution < 1.29 is 31.5 Å². The second kappa shape index (κ2) is 11.3. The molecule has 3 aromatic carbocycles. The van der Waals surface area contributed by atoms with Crippen molar-refractivity contribution in [3.8, 4) is 0 Å². The first kappa shape index (κ1) is 25.5. The number of anilines is 3. The lowest BCUT2D eigenvalue weighted by Gasteiger charge is -2.23. The van der Waals surface area contributed by atoms with Crippen molar-refractivity contribution in [2.75, 3.05) is 28.6 Å². The smallest absolute Gasteiger partial charge is 0.338 e. The van der Waals surface area contributed by atoms with E-state index in [1.165, 1.54) is 17.0 Å². The first-order valence-corrected chi connectivity index (χ1v) is 10.4. The van der Waals surface area contributed by atoms with Gasteiger partial charge in [0.1, 0.15) is 11.6 Å². The van der Waals surface area contributed by atoms with Crippen LogP contribution in [0.2, 0.25) is 0 Å². The maximum Gasteiger partial charge on any atom is 0.416 e. The molecule has 0 aliphatic carbocycles. The van der Waals surface area contributed by atoms with Crippen LogP contribution in [0.1, 0.15) is 12.0 Å². The number of hydrogen-bond donors (Lipinski definition) is 3. The van der Waals surface area contributed by atoms with Gasteiger partial charge in [0.25, 0.3) is 0 Å². The molecule has 0 spiro atoms. The van der Waals surface area contributed by atoms with Crippen molar-refractivity contribution in [3.05, 3.63) is 90.0 Å². The van der Waals surface area contributed by atoms with Gasteiger partial charge in [-0.3, -0.25) is 4.90 Å². The van der Waals surface area contributed by atoms with E-state index in [9.17, 15) is 31.5 Å². The minimum Gasteiger partial charge on any atom is -0.338 e. The number of halogens is 5. The lowest BCUT2D eigenvalue weighted by atomic mass is 10.2. The summed E-state index contributed by atoms with van der Waals surface area (Å²) in [5.74, 6) is -1.71. The zero-order valence-electron chi connectivity index (χ0n) is 18.2. The molecule has 6 nitrogen and oxygen atoms in total. The second-order valence-corrected chi connectivity index (χ2v) is 7.35. The Labute approximate surface area is 197 Å². The third-order valence-electron chi connectivity index (χ3n) is 4.78. The summed E-state index contributed by atoms with van der Waals surface area (Å²) in [6.45, 7) is 0.203. The Morgan fingerprint density at radius 2 is 1.60 bits per heavy atom. The van der Waals surface area contributed by atoms with Crippen LogP contribution < -0.4 is 20.9 Å². The molecule has 184 valence electrons. The lowest BCUT2D eigenvalue weighted by molar-refractivity contribution is -0.137. The molecule has 0 fully saturated rings. The van der Waals surface area contributed by atoms with Gasteiger partial charge >= 0.3 is 18.2 Å². The normalized spacial score (nSPS) is 11.0. The highest BCUT2D eigenvalue weighted by atomic mass is 19.4. The summed E-state index contributed by atoms with van der Waals surface area (Å²) in [6.07, 6.45) is -4.28. The minimum absolute atomic E-state index is 0.0235. The first-order valence-electron chi connectivity index (χ1n) is 10.4. The zero-order chi connectivity index (χ0) is 25.4. The van der Waals surface area contributed by atoms with E-state index in [-0.39, 0.29) is 30.9 Å². The molecule has 0 unspecified atom stereocenters. The molecule has 3 rings (SSSR count). The van der Waals surface area contributed by atoms with E-state index < -0.39 is 35.4 Å². The van der Waals surface area contributed by atoms with Gasteiger partial charge in [-0.05, 0) is 48.9 Å². The largest absolute Gasteiger partial charge is 0.416 e. The number of para-hydroxylation sites is 1. The number of hydrogen-bond acceptors (Lipinski definition) is 2. The van der Waals surface area contributed by atoms with Crippen LogP contribution in [0, 0.1) is 11.6 Å². The monoisotopic (exact) mass is 492 g/mol. The van der Waals surface area contributed by atoms with Gasteiger partial charge in [0, 0.05) is 30.5 Å². The molecule has 0 radical (unpaired) electrons. The van der Waals surface area contributed by atoms with Crippen molar-refractivity contribution in [3.63, 3.8) is 0 Å². The number of nitrogens with one attached hydrogen (secondary N) is 3. The van der Waals surface area contributed by atoms with E-state index in [0.29, 0.717) is 11.8 Å². The Balaban J connectivity index is 1.60. The third-order valence-corrected chi connectivity index (χ3v) is 4.78. The molecular formula is C24H21F5N4O2. The van der Waals surface area contributed by atoms with Gasteiger partial charge in [0.05, 0.1) is 11.3 Å². The van der Waals surface area contributed by atoms with E-state index >= 15 is 0 Å². The van der Waals surface area contributed by atoms with Gasteiger partial charge in [-0.15, -0.1) is 0 Å². The van der Waals surface area contributed by atoms with E-state index in [1.54, 1.807) is 30.3 Å². The number of rotatable bonds is 7. The number of carbonyl (C=O) groups excluding carboxylic acids is 2. The lowest BCUT2D eigenvalue weighted by Crippen LogP contribution is -2.38. The van der Waals surface area contributed by atoms with Crippen LogP contribution in [-0.4, -0.2) is 25.2 Å². The molecule has 0 saturated carbocycles. The fourth-order valence-corrected chi connectivity index (χ4v) is 3.12. The maximum atomic E-state index is 13.7. The van der Waals surface area contributed by atoms with Crippen LogP contribution in [-0.2, 0) is 6.18 Å². The zero-order valence-corrected chi connectivity index (χ0v) is 18.2. The van der Waals surface area contributed by atoms with Gasteiger partial charge < -0.3 is 16.0 Å². The molecule has 0 aliphatic rings. The third kappa shape index (κ3) is 7.42. The Bertz CT molecular complexity index is 1170. The predicted octanol–water partition coefficient (Wildman–Crippen LogP) is 6.23. The van der Waals surface area contributed by atoms with Crippen molar-refractivity contribution in [2.45, 2.75) is 12.6 Å². The Kier molecular flexibility index (Phi) is 8.24. The molecule has 0 saturated heterocycles. The van der Waals surface area contributed by atoms with Gasteiger partial charge in [0.15, 0.2) is 0 Å². The summed E-state index contributed by atoms with van der Waals surface area (Å²) < 4.78 is 65.6. The molecule has 4 amide bonds. The van der Waals surface area contributed by atoms with Gasteiger partial charge in [-0.2, -0.15) is 13.2 Å². The molecule has 3 aromatic rings. The number of alkyl halides is 3. The molecule has 0 aromatic heterocycles. The average Bonchev–Trinajstić information content (AvgIpc) is 2.81. The van der Waals surface area contributed by atoms with E-state index in [1.807, 2.05) is 0 Å². The summed E-state index contributed by atoms with van der Waals surface area (Å²) >= 11 is 0. The second-order valence-electron chi connectivity index (χ2n) is 7.35. The van der Waals surface area contributed by atoms with Crippen LogP contribution >= 0.6 is 0 Å². The Morgan fingerprint density at radius 3 is 2.29 bits per heavy atom. The standard InChI is InChI=1S/C24H21F5N4O2/c25-17-10-11-21(20(26)15-17)32-22(34)30-12-5-13-33(19-8-2-1-3-9-19)23(35)31-18-7-4-6-16(14-18)24(27,28)29/h1-4,6-11,14-15H,5,12-13H2,(H,31,35)(H2,30,32,34). The number of carbonyl (C=O) groups is 2. The van der Waals surface area contributed by atoms with Crippen LogP contribution in [0.4, 0.5) is 48.6 Å². The molecule has 3 N–H and O–H groups in total. The number of nitrogens with zero attached hydrogens (tertiary/aromatic N) is 1. The topological polar surface area (TPSA) is 73.5 Å². The van der Waals surface area contributed by atoms with Gasteiger partial charge in [-0.25, -0.2) is 18.4 Å². The fourth-order valence-electron chi connectivity index (χ4n) is 3.12. The molecule has 0 atom stereocenters. The average molecular weight is 492 g/mol. The molecule has 11 heteroatoms. The summed E-state index contributed by atoms with van der Waals surface area (Å²) in [7, 11) is 0. The fraction of sp³-hybridized carbons (Fsp3) is 0.167.